The number of Topliss-reactive ketones (excluding diaryl/α,β-unsaturated/α-hetero) is 2. The van der Waals surface area contributed by atoms with Gasteiger partial charge in [-0.25, -0.2) is 0 Å². The fraction of sp³-hybridized carbons (Fsp3) is 0.905. The Morgan fingerprint density at radius 1 is 1.04 bits per heavy atom. The summed E-state index contributed by atoms with van der Waals surface area (Å²) >= 11 is 0. The largest absolute Gasteiger partial charge is 0.393 e. The molecule has 4 aliphatic rings. The molecule has 4 fully saturated rings. The second-order valence-electron chi connectivity index (χ2n) is 10.1. The van der Waals surface area contributed by atoms with E-state index in [-0.39, 0.29) is 40.8 Å². The van der Waals surface area contributed by atoms with Crippen molar-refractivity contribution in [2.75, 3.05) is 0 Å². The molecule has 4 aliphatic carbocycles. The third-order valence-corrected chi connectivity index (χ3v) is 9.05. The standard InChI is InChI=1S/C21H32O4/c1-19-9-8-13(22)10-12(19)4-5-14-15-6-7-17(24)21(3,25)20(15,2)11-16(23)18(14)19/h12-15,18,22,25H,4-11H2,1-3H3/t12-,13-,14-,15+,18+,19-,20+,21-/m0/s1. The predicted molar refractivity (Wildman–Crippen MR) is 93.8 cm³/mol. The van der Waals surface area contributed by atoms with Gasteiger partial charge in [-0.1, -0.05) is 13.8 Å². The lowest BCUT2D eigenvalue weighted by Crippen LogP contribution is -2.66. The molecule has 0 aromatic heterocycles. The highest BCUT2D eigenvalue weighted by Crippen LogP contribution is 2.65. The van der Waals surface area contributed by atoms with E-state index in [9.17, 15) is 19.8 Å². The van der Waals surface area contributed by atoms with E-state index in [1.165, 1.54) is 0 Å². The van der Waals surface area contributed by atoms with Crippen LogP contribution in [-0.4, -0.2) is 33.5 Å². The normalized spacial score (nSPS) is 56.0. The van der Waals surface area contributed by atoms with Gasteiger partial charge in [0.25, 0.3) is 0 Å². The van der Waals surface area contributed by atoms with Gasteiger partial charge in [0.1, 0.15) is 11.4 Å². The highest BCUT2D eigenvalue weighted by Gasteiger charge is 2.66. The molecule has 0 radical (unpaired) electrons. The van der Waals surface area contributed by atoms with E-state index in [1.807, 2.05) is 6.92 Å². The molecule has 4 nitrogen and oxygen atoms in total. The molecule has 0 aromatic rings. The highest BCUT2D eigenvalue weighted by atomic mass is 16.3. The zero-order chi connectivity index (χ0) is 18.2. The van der Waals surface area contributed by atoms with Crippen LogP contribution in [0.15, 0.2) is 0 Å². The van der Waals surface area contributed by atoms with E-state index in [1.54, 1.807) is 6.92 Å². The molecule has 2 N–H and O–H groups in total. The summed E-state index contributed by atoms with van der Waals surface area (Å²) in [5.41, 5.74) is -2.04. The molecular formula is C21H32O4. The van der Waals surface area contributed by atoms with Crippen molar-refractivity contribution in [2.45, 2.75) is 83.8 Å². The van der Waals surface area contributed by atoms with Crippen molar-refractivity contribution in [2.24, 2.45) is 34.5 Å². The topological polar surface area (TPSA) is 74.6 Å². The van der Waals surface area contributed by atoms with Gasteiger partial charge >= 0.3 is 0 Å². The Morgan fingerprint density at radius 2 is 1.76 bits per heavy atom. The number of carbonyl (C=O) groups is 2. The summed E-state index contributed by atoms with van der Waals surface area (Å²) < 4.78 is 0. The number of rotatable bonds is 0. The van der Waals surface area contributed by atoms with Crippen LogP contribution in [0.3, 0.4) is 0 Å². The van der Waals surface area contributed by atoms with Crippen LogP contribution < -0.4 is 0 Å². The fourth-order valence-electron chi connectivity index (χ4n) is 7.33. The number of aliphatic hydroxyl groups excluding tert-OH is 1. The third-order valence-electron chi connectivity index (χ3n) is 9.05. The second kappa shape index (κ2) is 5.39. The van der Waals surface area contributed by atoms with E-state index in [4.69, 9.17) is 0 Å². The van der Waals surface area contributed by atoms with Gasteiger partial charge in [-0.15, -0.1) is 0 Å². The predicted octanol–water partition coefficient (Wildman–Crippen LogP) is 2.89. The molecule has 0 amide bonds. The lowest BCUT2D eigenvalue weighted by molar-refractivity contribution is -0.199. The molecule has 0 heterocycles. The summed E-state index contributed by atoms with van der Waals surface area (Å²) in [7, 11) is 0. The molecule has 0 saturated heterocycles. The number of aliphatic hydroxyl groups is 2. The first-order chi connectivity index (χ1) is 11.6. The molecule has 0 aliphatic heterocycles. The minimum absolute atomic E-state index is 0.0200. The van der Waals surface area contributed by atoms with Gasteiger partial charge in [-0.05, 0) is 68.6 Å². The van der Waals surface area contributed by atoms with Crippen LogP contribution in [0.4, 0.5) is 0 Å². The van der Waals surface area contributed by atoms with Crippen LogP contribution in [0, 0.1) is 34.5 Å². The summed E-state index contributed by atoms with van der Waals surface area (Å²) in [6.07, 6.45) is 5.94. The number of hydrogen-bond acceptors (Lipinski definition) is 4. The Morgan fingerprint density at radius 3 is 2.48 bits per heavy atom. The summed E-state index contributed by atoms with van der Waals surface area (Å²) in [4.78, 5) is 25.7. The van der Waals surface area contributed by atoms with Crippen LogP contribution in [0.2, 0.25) is 0 Å². The monoisotopic (exact) mass is 348 g/mol. The third kappa shape index (κ3) is 2.19. The molecule has 0 aromatic carbocycles. The first kappa shape index (κ1) is 17.7. The average Bonchev–Trinajstić information content (AvgIpc) is 2.52. The first-order valence-corrected chi connectivity index (χ1v) is 10.1. The Hall–Kier alpha value is -0.740. The van der Waals surface area contributed by atoms with Crippen LogP contribution in [0.1, 0.15) is 72.1 Å². The van der Waals surface area contributed by atoms with Gasteiger partial charge in [0.2, 0.25) is 0 Å². The Kier molecular flexibility index (Phi) is 3.81. The SMILES string of the molecule is C[C@]12CC[C@H](O)C[C@@H]1CC[C@H]1[C@H]3CCC(=O)[C@](C)(O)[C@]3(C)CC(=O)[C@@H]12. The molecule has 25 heavy (non-hydrogen) atoms. The zero-order valence-electron chi connectivity index (χ0n) is 15.8. The minimum Gasteiger partial charge on any atom is -0.393 e. The molecule has 0 unspecified atom stereocenters. The van der Waals surface area contributed by atoms with E-state index < -0.39 is 11.0 Å². The van der Waals surface area contributed by atoms with Crippen LogP contribution in [0.25, 0.3) is 0 Å². The average molecular weight is 348 g/mol. The van der Waals surface area contributed by atoms with E-state index in [2.05, 4.69) is 6.92 Å². The lowest BCUT2D eigenvalue weighted by Gasteiger charge is -2.63. The van der Waals surface area contributed by atoms with Crippen molar-refractivity contribution in [1.82, 2.24) is 0 Å². The van der Waals surface area contributed by atoms with Crippen molar-refractivity contribution < 1.29 is 19.8 Å². The van der Waals surface area contributed by atoms with E-state index in [0.29, 0.717) is 18.8 Å². The number of ketones is 2. The number of carbonyl (C=O) groups excluding carboxylic acids is 2. The summed E-state index contributed by atoms with van der Waals surface area (Å²) in [5.74, 6) is 1.15. The Balaban J connectivity index is 1.72. The summed E-state index contributed by atoms with van der Waals surface area (Å²) in [6.45, 7) is 5.88. The van der Waals surface area contributed by atoms with E-state index >= 15 is 0 Å². The van der Waals surface area contributed by atoms with Crippen molar-refractivity contribution in [3.63, 3.8) is 0 Å². The molecule has 8 atom stereocenters. The smallest absolute Gasteiger partial charge is 0.164 e. The molecule has 4 heteroatoms. The zero-order valence-corrected chi connectivity index (χ0v) is 15.8. The maximum absolute atomic E-state index is 13.3. The maximum Gasteiger partial charge on any atom is 0.164 e. The van der Waals surface area contributed by atoms with Gasteiger partial charge in [-0.3, -0.25) is 9.59 Å². The molecule has 4 saturated carbocycles. The van der Waals surface area contributed by atoms with Crippen molar-refractivity contribution in [3.8, 4) is 0 Å². The Bertz CT molecular complexity index is 611. The van der Waals surface area contributed by atoms with E-state index in [0.717, 1.165) is 38.5 Å². The molecule has 140 valence electrons. The summed E-state index contributed by atoms with van der Waals surface area (Å²) in [6, 6.07) is 0. The van der Waals surface area contributed by atoms with Crippen molar-refractivity contribution in [3.05, 3.63) is 0 Å². The quantitative estimate of drug-likeness (QED) is 0.706. The molecule has 4 rings (SSSR count). The van der Waals surface area contributed by atoms with Gasteiger partial charge in [0.05, 0.1) is 6.10 Å². The van der Waals surface area contributed by atoms with Crippen LogP contribution in [-0.2, 0) is 9.59 Å². The maximum atomic E-state index is 13.3. The van der Waals surface area contributed by atoms with Gasteiger partial charge < -0.3 is 10.2 Å². The highest BCUT2D eigenvalue weighted by molar-refractivity contribution is 5.92. The van der Waals surface area contributed by atoms with Gasteiger partial charge in [-0.2, -0.15) is 0 Å². The van der Waals surface area contributed by atoms with Crippen molar-refractivity contribution in [1.29, 1.82) is 0 Å². The lowest BCUT2D eigenvalue weighted by atomic mass is 9.40. The molecule has 0 spiro atoms. The second-order valence-corrected chi connectivity index (χ2v) is 10.1. The van der Waals surface area contributed by atoms with Gasteiger partial charge in [0, 0.05) is 24.2 Å². The summed E-state index contributed by atoms with van der Waals surface area (Å²) in [5, 5.41) is 21.1. The van der Waals surface area contributed by atoms with Crippen molar-refractivity contribution >= 4 is 11.6 Å². The number of fused-ring (bicyclic) bond motifs is 5. The molecule has 0 bridgehead atoms. The Labute approximate surface area is 150 Å². The minimum atomic E-state index is -1.39. The molecular weight excluding hydrogens is 316 g/mol. The van der Waals surface area contributed by atoms with Crippen LogP contribution in [0.5, 0.6) is 0 Å². The first-order valence-electron chi connectivity index (χ1n) is 10.1. The van der Waals surface area contributed by atoms with Gasteiger partial charge in [0.15, 0.2) is 5.78 Å². The van der Waals surface area contributed by atoms with Crippen LogP contribution >= 0.6 is 0 Å². The number of hydrogen-bond donors (Lipinski definition) is 2. The fourth-order valence-corrected chi connectivity index (χ4v) is 7.33.